The van der Waals surface area contributed by atoms with Crippen molar-refractivity contribution in [3.63, 3.8) is 0 Å². The second-order valence-electron chi connectivity index (χ2n) is 3.98. The molecule has 0 aliphatic carbocycles. The van der Waals surface area contributed by atoms with Crippen LogP contribution in [0.15, 0.2) is 22.3 Å². The van der Waals surface area contributed by atoms with Crippen molar-refractivity contribution in [3.05, 3.63) is 23.3 Å². The monoisotopic (exact) mass is 201 g/mol. The summed E-state index contributed by atoms with van der Waals surface area (Å²) in [5.41, 5.74) is 5.27. The Morgan fingerprint density at radius 1 is 1.33 bits per heavy atom. The summed E-state index contributed by atoms with van der Waals surface area (Å²) in [5.74, 6) is 0. The molecule has 4 heteroatoms. The summed E-state index contributed by atoms with van der Waals surface area (Å²) in [6.07, 6.45) is 2.15. The van der Waals surface area contributed by atoms with Gasteiger partial charge in [0.1, 0.15) is 11.0 Å². The van der Waals surface area contributed by atoms with E-state index in [1.165, 1.54) is 11.3 Å². The summed E-state index contributed by atoms with van der Waals surface area (Å²) in [6, 6.07) is 4.00. The van der Waals surface area contributed by atoms with Crippen molar-refractivity contribution >= 4 is 22.8 Å². The molecule has 0 spiro atoms. The van der Waals surface area contributed by atoms with Gasteiger partial charge >= 0.3 is 0 Å². The van der Waals surface area contributed by atoms with E-state index in [0.29, 0.717) is 0 Å². The smallest absolute Gasteiger partial charge is 0.144 e. The highest BCUT2D eigenvalue weighted by Crippen LogP contribution is 2.32. The van der Waals surface area contributed by atoms with Crippen LogP contribution in [0.5, 0.6) is 0 Å². The van der Waals surface area contributed by atoms with Crippen molar-refractivity contribution in [3.8, 4) is 0 Å². The maximum Gasteiger partial charge on any atom is 0.144 e. The van der Waals surface area contributed by atoms with Crippen LogP contribution in [-0.4, -0.2) is 23.9 Å². The van der Waals surface area contributed by atoms with Gasteiger partial charge < -0.3 is 4.90 Å². The Morgan fingerprint density at radius 2 is 2.20 bits per heavy atom. The van der Waals surface area contributed by atoms with E-state index in [1.807, 2.05) is 6.07 Å². The Balaban J connectivity index is 2.38. The van der Waals surface area contributed by atoms with E-state index < -0.39 is 0 Å². The Bertz CT molecular complexity index is 556. The van der Waals surface area contributed by atoms with Crippen molar-refractivity contribution < 1.29 is 4.63 Å². The third kappa shape index (κ3) is 1.14. The van der Waals surface area contributed by atoms with Gasteiger partial charge in [-0.05, 0) is 35.4 Å². The van der Waals surface area contributed by atoms with E-state index in [2.05, 4.69) is 41.3 Å². The van der Waals surface area contributed by atoms with Crippen LogP contribution in [0.2, 0.25) is 0 Å². The molecule has 0 amide bonds. The third-order valence-corrected chi connectivity index (χ3v) is 2.73. The van der Waals surface area contributed by atoms with E-state index in [9.17, 15) is 0 Å². The molecule has 0 atom stereocenters. The summed E-state index contributed by atoms with van der Waals surface area (Å²) in [7, 11) is 2.08. The van der Waals surface area contributed by atoms with E-state index in [1.54, 1.807) is 0 Å². The first-order valence-corrected chi connectivity index (χ1v) is 4.89. The number of nitrogens with zero attached hydrogens (tertiary/aromatic N) is 3. The summed E-state index contributed by atoms with van der Waals surface area (Å²) in [4.78, 5) is 2.21. The van der Waals surface area contributed by atoms with Crippen molar-refractivity contribution in [2.75, 3.05) is 18.5 Å². The molecule has 76 valence electrons. The lowest BCUT2D eigenvalue weighted by Crippen LogP contribution is -2.23. The van der Waals surface area contributed by atoms with Gasteiger partial charge in [-0.25, -0.2) is 4.63 Å². The molecule has 0 radical (unpaired) electrons. The zero-order valence-electron chi connectivity index (χ0n) is 8.69. The highest BCUT2D eigenvalue weighted by atomic mass is 16.6. The molecule has 4 nitrogen and oxygen atoms in total. The normalized spacial score (nSPS) is 15.3. The number of rotatable bonds is 0. The number of anilines is 1. The molecule has 1 aliphatic rings. The maximum absolute atomic E-state index is 4.75. The molecule has 2 aromatic rings. The zero-order valence-corrected chi connectivity index (χ0v) is 8.69. The average Bonchev–Trinajstić information content (AvgIpc) is 2.65. The van der Waals surface area contributed by atoms with Crippen LogP contribution in [-0.2, 0) is 0 Å². The SMILES string of the molecule is CC1=Cc2c(ccc3nonc23)N(C)C1. The zero-order chi connectivity index (χ0) is 10.4. The third-order valence-electron chi connectivity index (χ3n) is 2.73. The molecule has 0 fully saturated rings. The minimum atomic E-state index is 0.813. The molecule has 1 aromatic carbocycles. The molecule has 3 rings (SSSR count). The predicted molar refractivity (Wildman–Crippen MR) is 58.7 cm³/mol. The van der Waals surface area contributed by atoms with Gasteiger partial charge in [-0.2, -0.15) is 0 Å². The van der Waals surface area contributed by atoms with E-state index >= 15 is 0 Å². The van der Waals surface area contributed by atoms with Crippen LogP contribution in [0.25, 0.3) is 17.1 Å². The maximum atomic E-state index is 4.75. The average molecular weight is 201 g/mol. The van der Waals surface area contributed by atoms with Gasteiger partial charge in [-0.15, -0.1) is 0 Å². The van der Waals surface area contributed by atoms with Gasteiger partial charge in [0.25, 0.3) is 0 Å². The molecule has 15 heavy (non-hydrogen) atoms. The lowest BCUT2D eigenvalue weighted by molar-refractivity contribution is 0.315. The van der Waals surface area contributed by atoms with Crippen LogP contribution < -0.4 is 4.90 Å². The molecule has 0 saturated carbocycles. The fraction of sp³-hybridized carbons (Fsp3) is 0.273. The molecule has 1 aliphatic heterocycles. The van der Waals surface area contributed by atoms with E-state index in [-0.39, 0.29) is 0 Å². The minimum absolute atomic E-state index is 0.813. The highest BCUT2D eigenvalue weighted by Gasteiger charge is 2.17. The lowest BCUT2D eigenvalue weighted by Gasteiger charge is -2.26. The number of benzene rings is 1. The van der Waals surface area contributed by atoms with Gasteiger partial charge in [0.2, 0.25) is 0 Å². The highest BCUT2D eigenvalue weighted by molar-refractivity contribution is 5.92. The number of hydrogen-bond donors (Lipinski definition) is 0. The summed E-state index contributed by atoms with van der Waals surface area (Å²) in [5, 5.41) is 7.79. The van der Waals surface area contributed by atoms with Crippen molar-refractivity contribution in [2.24, 2.45) is 0 Å². The van der Waals surface area contributed by atoms with Crippen molar-refractivity contribution in [2.45, 2.75) is 6.92 Å². The first kappa shape index (κ1) is 8.47. The van der Waals surface area contributed by atoms with E-state index in [0.717, 1.165) is 23.1 Å². The van der Waals surface area contributed by atoms with Gasteiger partial charge in [-0.1, -0.05) is 5.57 Å². The quantitative estimate of drug-likeness (QED) is 0.654. The van der Waals surface area contributed by atoms with Gasteiger partial charge in [0.15, 0.2) is 0 Å². The molecular formula is C11H11N3O. The first-order chi connectivity index (χ1) is 7.25. The molecular weight excluding hydrogens is 190 g/mol. The molecule has 0 N–H and O–H groups in total. The second-order valence-corrected chi connectivity index (χ2v) is 3.98. The number of hydrogen-bond acceptors (Lipinski definition) is 4. The van der Waals surface area contributed by atoms with Crippen LogP contribution in [0.4, 0.5) is 5.69 Å². The van der Waals surface area contributed by atoms with Gasteiger partial charge in [-0.3, -0.25) is 0 Å². The minimum Gasteiger partial charge on any atom is -0.370 e. The molecule has 0 saturated heterocycles. The molecule has 0 unspecified atom stereocenters. The number of fused-ring (bicyclic) bond motifs is 3. The second kappa shape index (κ2) is 2.82. The molecule has 1 aromatic heterocycles. The number of aromatic nitrogens is 2. The Hall–Kier alpha value is -1.84. The van der Waals surface area contributed by atoms with E-state index in [4.69, 9.17) is 4.63 Å². The van der Waals surface area contributed by atoms with Crippen molar-refractivity contribution in [1.82, 2.24) is 10.3 Å². The Kier molecular flexibility index (Phi) is 1.59. The van der Waals surface area contributed by atoms with Crippen LogP contribution >= 0.6 is 0 Å². The van der Waals surface area contributed by atoms with Crippen LogP contribution in [0, 0.1) is 0 Å². The molecule has 2 heterocycles. The summed E-state index contributed by atoms with van der Waals surface area (Å²) in [6.45, 7) is 3.08. The topological polar surface area (TPSA) is 42.2 Å². The van der Waals surface area contributed by atoms with Gasteiger partial charge in [0, 0.05) is 24.8 Å². The Labute approximate surface area is 87.1 Å². The fourth-order valence-corrected chi connectivity index (χ4v) is 2.09. The number of likely N-dealkylation sites (N-methyl/N-ethyl adjacent to an activating group) is 1. The fourth-order valence-electron chi connectivity index (χ4n) is 2.09. The predicted octanol–water partition coefficient (Wildman–Crippen LogP) is 2.08. The summed E-state index contributed by atoms with van der Waals surface area (Å²) < 4.78 is 4.75. The van der Waals surface area contributed by atoms with Crippen molar-refractivity contribution in [1.29, 1.82) is 0 Å². The van der Waals surface area contributed by atoms with Crippen LogP contribution in [0.3, 0.4) is 0 Å². The van der Waals surface area contributed by atoms with Gasteiger partial charge in [0.05, 0.1) is 0 Å². The summed E-state index contributed by atoms with van der Waals surface area (Å²) >= 11 is 0. The van der Waals surface area contributed by atoms with Crippen LogP contribution in [0.1, 0.15) is 12.5 Å². The lowest BCUT2D eigenvalue weighted by atomic mass is 10.0. The Morgan fingerprint density at radius 3 is 3.07 bits per heavy atom. The standard InChI is InChI=1S/C11H11N3O/c1-7-5-8-10(14(2)6-7)4-3-9-11(8)13-15-12-9/h3-5H,6H2,1-2H3. The largest absolute Gasteiger partial charge is 0.370 e. The molecule has 0 bridgehead atoms. The first-order valence-electron chi connectivity index (χ1n) is 4.89.